The van der Waals surface area contributed by atoms with Crippen molar-refractivity contribution in [2.24, 2.45) is 7.05 Å². The summed E-state index contributed by atoms with van der Waals surface area (Å²) in [6.07, 6.45) is 6.91. The van der Waals surface area contributed by atoms with Gasteiger partial charge in [-0.3, -0.25) is 14.5 Å². The Morgan fingerprint density at radius 3 is 2.75 bits per heavy atom. The van der Waals surface area contributed by atoms with Crippen LogP contribution in [0.15, 0.2) is 36.8 Å². The molecule has 0 radical (unpaired) electrons. The van der Waals surface area contributed by atoms with Crippen molar-refractivity contribution in [2.45, 2.75) is 18.9 Å². The second-order valence-electron chi connectivity index (χ2n) is 5.74. The number of carbonyl (C=O) groups is 1. The summed E-state index contributed by atoms with van der Waals surface area (Å²) >= 11 is 0. The Balaban J connectivity index is 1.36. The first kappa shape index (κ1) is 16.4. The van der Waals surface area contributed by atoms with Crippen molar-refractivity contribution >= 4 is 5.91 Å². The number of carbonyl (C=O) groups excluding carboxylic acids is 1. The van der Waals surface area contributed by atoms with E-state index in [1.807, 2.05) is 17.0 Å². The van der Waals surface area contributed by atoms with Gasteiger partial charge in [-0.15, -0.1) is 0 Å². The molecular formula is C17H22N4O3. The normalized spacial score (nSPS) is 15.5. The van der Waals surface area contributed by atoms with Gasteiger partial charge in [0.25, 0.3) is 5.91 Å². The van der Waals surface area contributed by atoms with E-state index in [0.29, 0.717) is 32.0 Å². The quantitative estimate of drug-likeness (QED) is 0.751. The minimum absolute atomic E-state index is 0.0355. The Morgan fingerprint density at radius 1 is 1.25 bits per heavy atom. The van der Waals surface area contributed by atoms with Gasteiger partial charge in [0.15, 0.2) is 0 Å². The fraction of sp³-hybridized carbons (Fsp3) is 0.471. The molecule has 128 valence electrons. The van der Waals surface area contributed by atoms with Crippen molar-refractivity contribution in [3.63, 3.8) is 0 Å². The van der Waals surface area contributed by atoms with Crippen LogP contribution in [0.25, 0.3) is 0 Å². The summed E-state index contributed by atoms with van der Waals surface area (Å²) in [6.45, 7) is 2.45. The van der Waals surface area contributed by atoms with E-state index in [-0.39, 0.29) is 12.0 Å². The number of rotatable bonds is 6. The lowest BCUT2D eigenvalue weighted by Crippen LogP contribution is -2.41. The van der Waals surface area contributed by atoms with Crippen LogP contribution in [0.5, 0.6) is 5.75 Å². The van der Waals surface area contributed by atoms with Crippen LogP contribution in [0.4, 0.5) is 0 Å². The smallest absolute Gasteiger partial charge is 0.272 e. The molecule has 24 heavy (non-hydrogen) atoms. The fourth-order valence-electron chi connectivity index (χ4n) is 2.78. The predicted molar refractivity (Wildman–Crippen MR) is 87.8 cm³/mol. The zero-order valence-corrected chi connectivity index (χ0v) is 13.8. The van der Waals surface area contributed by atoms with E-state index in [4.69, 9.17) is 9.47 Å². The lowest BCUT2D eigenvalue weighted by molar-refractivity contribution is -0.00262. The van der Waals surface area contributed by atoms with Crippen molar-refractivity contribution in [3.05, 3.63) is 42.5 Å². The van der Waals surface area contributed by atoms with Crippen molar-refractivity contribution in [2.75, 3.05) is 26.3 Å². The molecule has 7 nitrogen and oxygen atoms in total. The maximum Gasteiger partial charge on any atom is 0.272 e. The molecule has 0 N–H and O–H groups in total. The van der Waals surface area contributed by atoms with Crippen molar-refractivity contribution in [1.82, 2.24) is 19.7 Å². The molecule has 3 heterocycles. The third kappa shape index (κ3) is 4.11. The van der Waals surface area contributed by atoms with Crippen LogP contribution in [0.3, 0.4) is 0 Å². The molecule has 0 spiro atoms. The molecular weight excluding hydrogens is 308 g/mol. The fourth-order valence-corrected chi connectivity index (χ4v) is 2.78. The lowest BCUT2D eigenvalue weighted by Gasteiger charge is -2.31. The number of ether oxygens (including phenoxy) is 2. The monoisotopic (exact) mass is 330 g/mol. The maximum atomic E-state index is 12.4. The van der Waals surface area contributed by atoms with E-state index in [2.05, 4.69) is 10.1 Å². The first-order valence-corrected chi connectivity index (χ1v) is 8.16. The summed E-state index contributed by atoms with van der Waals surface area (Å²) in [5, 5.41) is 4.05. The topological polar surface area (TPSA) is 69.5 Å². The minimum Gasteiger partial charge on any atom is -0.490 e. The summed E-state index contributed by atoms with van der Waals surface area (Å²) < 4.78 is 13.0. The van der Waals surface area contributed by atoms with Gasteiger partial charge in [0.05, 0.1) is 18.9 Å². The van der Waals surface area contributed by atoms with Crippen LogP contribution in [0.1, 0.15) is 23.3 Å². The van der Waals surface area contributed by atoms with Crippen molar-refractivity contribution < 1.29 is 14.3 Å². The summed E-state index contributed by atoms with van der Waals surface area (Å²) in [4.78, 5) is 18.3. The average molecular weight is 330 g/mol. The van der Waals surface area contributed by atoms with Gasteiger partial charge in [0.1, 0.15) is 18.1 Å². The van der Waals surface area contributed by atoms with Gasteiger partial charge >= 0.3 is 0 Å². The van der Waals surface area contributed by atoms with Gasteiger partial charge in [-0.05, 0) is 31.0 Å². The highest BCUT2D eigenvalue weighted by Gasteiger charge is 2.25. The molecule has 2 aromatic rings. The van der Waals surface area contributed by atoms with E-state index < -0.39 is 0 Å². The predicted octanol–water partition coefficient (Wildman–Crippen LogP) is 1.52. The van der Waals surface area contributed by atoms with E-state index in [1.54, 1.807) is 36.4 Å². The van der Waals surface area contributed by atoms with Gasteiger partial charge in [-0.2, -0.15) is 5.10 Å². The number of aromatic nitrogens is 3. The minimum atomic E-state index is 0.0355. The Morgan fingerprint density at radius 2 is 2.08 bits per heavy atom. The van der Waals surface area contributed by atoms with Crippen LogP contribution >= 0.6 is 0 Å². The zero-order chi connectivity index (χ0) is 16.8. The van der Waals surface area contributed by atoms with E-state index in [0.717, 1.165) is 18.6 Å². The molecule has 1 aliphatic rings. The number of likely N-dealkylation sites (tertiary alicyclic amines) is 1. The molecule has 1 amide bonds. The molecule has 0 bridgehead atoms. The first-order chi connectivity index (χ1) is 11.7. The molecule has 3 rings (SSSR count). The summed E-state index contributed by atoms with van der Waals surface area (Å²) in [5.74, 6) is 0.783. The molecule has 1 aliphatic heterocycles. The molecule has 0 aromatic carbocycles. The second-order valence-corrected chi connectivity index (χ2v) is 5.74. The van der Waals surface area contributed by atoms with Crippen molar-refractivity contribution in [1.29, 1.82) is 0 Å². The molecule has 0 saturated carbocycles. The van der Waals surface area contributed by atoms with Gasteiger partial charge in [-0.25, -0.2) is 0 Å². The SMILES string of the molecule is Cn1nccc1C(=O)N1CCC(OCCOc2cccnc2)CC1. The Bertz CT molecular complexity index is 651. The summed E-state index contributed by atoms with van der Waals surface area (Å²) in [5.41, 5.74) is 0.624. The molecule has 0 aliphatic carbocycles. The largest absolute Gasteiger partial charge is 0.490 e. The van der Waals surface area contributed by atoms with Crippen molar-refractivity contribution in [3.8, 4) is 5.75 Å². The summed E-state index contributed by atoms with van der Waals surface area (Å²) in [7, 11) is 1.78. The number of hydrogen-bond donors (Lipinski definition) is 0. The third-order valence-electron chi connectivity index (χ3n) is 4.11. The van der Waals surface area contributed by atoms with E-state index in [1.165, 1.54) is 0 Å². The molecule has 7 heteroatoms. The summed E-state index contributed by atoms with van der Waals surface area (Å²) in [6, 6.07) is 5.46. The number of piperidine rings is 1. The number of hydrogen-bond acceptors (Lipinski definition) is 5. The number of aryl methyl sites for hydroxylation is 1. The average Bonchev–Trinajstić information content (AvgIpc) is 3.05. The van der Waals surface area contributed by atoms with E-state index >= 15 is 0 Å². The highest BCUT2D eigenvalue weighted by molar-refractivity contribution is 5.92. The van der Waals surface area contributed by atoms with Crippen LogP contribution in [0, 0.1) is 0 Å². The Labute approximate surface area is 141 Å². The molecule has 0 unspecified atom stereocenters. The van der Waals surface area contributed by atoms with Gasteiger partial charge in [-0.1, -0.05) is 0 Å². The first-order valence-electron chi connectivity index (χ1n) is 8.16. The highest BCUT2D eigenvalue weighted by Crippen LogP contribution is 2.16. The third-order valence-corrected chi connectivity index (χ3v) is 4.11. The lowest BCUT2D eigenvalue weighted by atomic mass is 10.1. The number of nitrogens with zero attached hydrogens (tertiary/aromatic N) is 4. The molecule has 1 fully saturated rings. The van der Waals surface area contributed by atoms with Crippen LogP contribution in [-0.2, 0) is 11.8 Å². The molecule has 0 atom stereocenters. The van der Waals surface area contributed by atoms with Crippen LogP contribution < -0.4 is 4.74 Å². The second kappa shape index (κ2) is 7.92. The standard InChI is InChI=1S/C17H22N4O3/c1-20-16(4-8-19-20)17(22)21-9-5-14(6-10-21)23-11-12-24-15-3-2-7-18-13-15/h2-4,7-8,13-14H,5-6,9-12H2,1H3. The zero-order valence-electron chi connectivity index (χ0n) is 13.8. The van der Waals surface area contributed by atoms with Gasteiger partial charge < -0.3 is 14.4 Å². The molecule has 1 saturated heterocycles. The Kier molecular flexibility index (Phi) is 5.43. The van der Waals surface area contributed by atoms with Gasteiger partial charge in [0, 0.05) is 32.5 Å². The highest BCUT2D eigenvalue weighted by atomic mass is 16.5. The number of amides is 1. The molecule has 2 aromatic heterocycles. The Hall–Kier alpha value is -2.41. The van der Waals surface area contributed by atoms with E-state index in [9.17, 15) is 4.79 Å². The maximum absolute atomic E-state index is 12.4. The van der Waals surface area contributed by atoms with Crippen LogP contribution in [-0.4, -0.2) is 58.0 Å². The number of pyridine rings is 1. The van der Waals surface area contributed by atoms with Gasteiger partial charge in [0.2, 0.25) is 0 Å². The van der Waals surface area contributed by atoms with Crippen LogP contribution in [0.2, 0.25) is 0 Å².